The molecule has 1 N–H and O–H groups in total. The number of hydrogen-bond donors (Lipinski definition) is 1. The lowest BCUT2D eigenvalue weighted by Gasteiger charge is -2.22. The molecule has 0 saturated heterocycles. The second kappa shape index (κ2) is 10.1. The van der Waals surface area contributed by atoms with E-state index in [4.69, 9.17) is 9.47 Å². The molecular weight excluding hydrogens is 270 g/mol. The molecule has 0 aliphatic rings. The lowest BCUT2D eigenvalue weighted by Crippen LogP contribution is -2.36. The van der Waals surface area contributed by atoms with Crippen molar-refractivity contribution in [3.8, 4) is 0 Å². The van der Waals surface area contributed by atoms with Gasteiger partial charge in [-0.2, -0.15) is 0 Å². The number of aromatic nitrogens is 1. The lowest BCUT2D eigenvalue weighted by molar-refractivity contribution is 0.0550. The van der Waals surface area contributed by atoms with Crippen molar-refractivity contribution in [2.75, 3.05) is 51.9 Å². The molecule has 118 valence electrons. The van der Waals surface area contributed by atoms with Gasteiger partial charge in [-0.3, -0.25) is 4.79 Å². The molecule has 0 fully saturated rings. The molecule has 1 rings (SSSR count). The van der Waals surface area contributed by atoms with E-state index in [1.54, 1.807) is 30.3 Å². The van der Waals surface area contributed by atoms with E-state index in [1.165, 1.54) is 0 Å². The SMILES string of the molecule is CCOCCN(CCOCC)C(=O)c1ccnc(NC)c1. The topological polar surface area (TPSA) is 63.7 Å². The highest BCUT2D eigenvalue weighted by Crippen LogP contribution is 2.09. The van der Waals surface area contributed by atoms with E-state index in [9.17, 15) is 4.79 Å². The fourth-order valence-corrected chi connectivity index (χ4v) is 1.84. The van der Waals surface area contributed by atoms with E-state index in [0.717, 1.165) is 0 Å². The van der Waals surface area contributed by atoms with Gasteiger partial charge in [0.15, 0.2) is 0 Å². The highest BCUT2D eigenvalue weighted by Gasteiger charge is 2.16. The molecule has 0 aliphatic carbocycles. The minimum Gasteiger partial charge on any atom is -0.380 e. The van der Waals surface area contributed by atoms with Crippen molar-refractivity contribution in [2.45, 2.75) is 13.8 Å². The van der Waals surface area contributed by atoms with E-state index < -0.39 is 0 Å². The zero-order chi connectivity index (χ0) is 15.5. The fraction of sp³-hybridized carbons (Fsp3) is 0.600. The van der Waals surface area contributed by atoms with Crippen LogP contribution >= 0.6 is 0 Å². The molecule has 0 radical (unpaired) electrons. The van der Waals surface area contributed by atoms with Gasteiger partial charge in [-0.1, -0.05) is 0 Å². The first-order chi connectivity index (χ1) is 10.2. The molecule has 1 aromatic heterocycles. The quantitative estimate of drug-likeness (QED) is 0.665. The van der Waals surface area contributed by atoms with E-state index in [0.29, 0.717) is 50.9 Å². The summed E-state index contributed by atoms with van der Waals surface area (Å²) < 4.78 is 10.7. The van der Waals surface area contributed by atoms with Crippen molar-refractivity contribution in [3.63, 3.8) is 0 Å². The van der Waals surface area contributed by atoms with Crippen LogP contribution in [0.25, 0.3) is 0 Å². The Balaban J connectivity index is 2.71. The van der Waals surface area contributed by atoms with Crippen molar-refractivity contribution in [1.82, 2.24) is 9.88 Å². The average Bonchev–Trinajstić information content (AvgIpc) is 2.53. The molecule has 0 unspecified atom stereocenters. The minimum atomic E-state index is -0.0340. The smallest absolute Gasteiger partial charge is 0.254 e. The Morgan fingerprint density at radius 3 is 2.38 bits per heavy atom. The van der Waals surface area contributed by atoms with Gasteiger partial charge in [0.1, 0.15) is 5.82 Å². The van der Waals surface area contributed by atoms with Crippen LogP contribution in [0.1, 0.15) is 24.2 Å². The molecule has 0 saturated carbocycles. The third kappa shape index (κ3) is 6.10. The summed E-state index contributed by atoms with van der Waals surface area (Å²) in [5, 5.41) is 2.93. The second-order valence-corrected chi connectivity index (χ2v) is 4.37. The first-order valence-electron chi connectivity index (χ1n) is 7.31. The number of carbonyl (C=O) groups excluding carboxylic acids is 1. The van der Waals surface area contributed by atoms with Crippen LogP contribution in [0.2, 0.25) is 0 Å². The number of carbonyl (C=O) groups is 1. The Hall–Kier alpha value is -1.66. The van der Waals surface area contributed by atoms with Gasteiger partial charge in [0.25, 0.3) is 5.91 Å². The van der Waals surface area contributed by atoms with E-state index in [1.807, 2.05) is 13.8 Å². The lowest BCUT2D eigenvalue weighted by atomic mass is 10.2. The normalized spacial score (nSPS) is 10.4. The van der Waals surface area contributed by atoms with Crippen molar-refractivity contribution in [1.29, 1.82) is 0 Å². The predicted molar refractivity (Wildman–Crippen MR) is 82.7 cm³/mol. The molecule has 6 heteroatoms. The van der Waals surface area contributed by atoms with Gasteiger partial charge in [0, 0.05) is 45.1 Å². The molecule has 0 atom stereocenters. The maximum Gasteiger partial charge on any atom is 0.254 e. The van der Waals surface area contributed by atoms with Gasteiger partial charge in [-0.25, -0.2) is 4.98 Å². The molecule has 0 aromatic carbocycles. The van der Waals surface area contributed by atoms with Crippen LogP contribution in [0.5, 0.6) is 0 Å². The van der Waals surface area contributed by atoms with Crippen LogP contribution < -0.4 is 5.32 Å². The first-order valence-corrected chi connectivity index (χ1v) is 7.31. The number of anilines is 1. The van der Waals surface area contributed by atoms with E-state index in [-0.39, 0.29) is 5.91 Å². The summed E-state index contributed by atoms with van der Waals surface area (Å²) in [6.07, 6.45) is 1.63. The summed E-state index contributed by atoms with van der Waals surface area (Å²) in [6, 6.07) is 3.47. The first kappa shape index (κ1) is 17.4. The van der Waals surface area contributed by atoms with Crippen LogP contribution in [0.4, 0.5) is 5.82 Å². The maximum absolute atomic E-state index is 12.6. The summed E-state index contributed by atoms with van der Waals surface area (Å²) in [5.74, 6) is 0.642. The number of nitrogens with zero attached hydrogens (tertiary/aromatic N) is 2. The van der Waals surface area contributed by atoms with Gasteiger partial charge in [-0.05, 0) is 26.0 Å². The number of nitrogens with one attached hydrogen (secondary N) is 1. The number of rotatable bonds is 10. The third-order valence-electron chi connectivity index (χ3n) is 2.97. The van der Waals surface area contributed by atoms with Crippen molar-refractivity contribution in [2.24, 2.45) is 0 Å². The van der Waals surface area contributed by atoms with Crippen LogP contribution in [-0.4, -0.2) is 62.4 Å². The zero-order valence-corrected chi connectivity index (χ0v) is 13.1. The minimum absolute atomic E-state index is 0.0340. The van der Waals surface area contributed by atoms with Crippen LogP contribution in [0, 0.1) is 0 Å². The summed E-state index contributed by atoms with van der Waals surface area (Å²) in [7, 11) is 1.78. The van der Waals surface area contributed by atoms with Crippen molar-refractivity contribution >= 4 is 11.7 Å². The van der Waals surface area contributed by atoms with Gasteiger partial charge in [0.05, 0.1) is 13.2 Å². The van der Waals surface area contributed by atoms with Crippen LogP contribution in [-0.2, 0) is 9.47 Å². The predicted octanol–water partition coefficient (Wildman–Crippen LogP) is 1.64. The number of ether oxygens (including phenoxy) is 2. The van der Waals surface area contributed by atoms with Gasteiger partial charge >= 0.3 is 0 Å². The molecule has 21 heavy (non-hydrogen) atoms. The summed E-state index contributed by atoms with van der Waals surface area (Å²) in [5.41, 5.74) is 0.613. The molecule has 1 amide bonds. The molecule has 1 aromatic rings. The molecule has 1 heterocycles. The highest BCUT2D eigenvalue weighted by atomic mass is 16.5. The molecule has 0 aliphatic heterocycles. The Morgan fingerprint density at radius 1 is 1.24 bits per heavy atom. The largest absolute Gasteiger partial charge is 0.380 e. The van der Waals surface area contributed by atoms with E-state index in [2.05, 4.69) is 10.3 Å². The molecule has 6 nitrogen and oxygen atoms in total. The van der Waals surface area contributed by atoms with Crippen molar-refractivity contribution in [3.05, 3.63) is 23.9 Å². The fourth-order valence-electron chi connectivity index (χ4n) is 1.84. The Kier molecular flexibility index (Phi) is 8.38. The molecule has 0 bridgehead atoms. The summed E-state index contributed by atoms with van der Waals surface area (Å²) in [4.78, 5) is 18.4. The Bertz CT molecular complexity index is 416. The van der Waals surface area contributed by atoms with Gasteiger partial charge in [0.2, 0.25) is 0 Å². The standard InChI is InChI=1S/C15H25N3O3/c1-4-20-10-8-18(9-11-21-5-2)15(19)13-6-7-17-14(12-13)16-3/h6-7,12H,4-5,8-11H2,1-3H3,(H,16,17). The second-order valence-electron chi connectivity index (χ2n) is 4.37. The van der Waals surface area contributed by atoms with E-state index >= 15 is 0 Å². The zero-order valence-electron chi connectivity index (χ0n) is 13.1. The van der Waals surface area contributed by atoms with Gasteiger partial charge in [-0.15, -0.1) is 0 Å². The maximum atomic E-state index is 12.6. The van der Waals surface area contributed by atoms with Crippen LogP contribution in [0.3, 0.4) is 0 Å². The monoisotopic (exact) mass is 295 g/mol. The summed E-state index contributed by atoms with van der Waals surface area (Å²) >= 11 is 0. The van der Waals surface area contributed by atoms with Crippen LogP contribution in [0.15, 0.2) is 18.3 Å². The summed E-state index contributed by atoms with van der Waals surface area (Å²) in [6.45, 7) is 7.33. The third-order valence-corrected chi connectivity index (χ3v) is 2.97. The highest BCUT2D eigenvalue weighted by molar-refractivity contribution is 5.94. The Labute approximate surface area is 126 Å². The molecular formula is C15H25N3O3. The van der Waals surface area contributed by atoms with Crippen molar-refractivity contribution < 1.29 is 14.3 Å². The number of amides is 1. The Morgan fingerprint density at radius 2 is 1.86 bits per heavy atom. The van der Waals surface area contributed by atoms with Gasteiger partial charge < -0.3 is 19.7 Å². The number of hydrogen-bond acceptors (Lipinski definition) is 5. The number of pyridine rings is 1. The average molecular weight is 295 g/mol. The molecule has 0 spiro atoms.